The SMILES string of the molecule is CCOC(=O)c1c(NC(=O)COC(=O)c2ccccc2Oc2ccccc2)sc2c1CCCC2. The molecule has 8 heteroatoms. The van der Waals surface area contributed by atoms with Crippen LogP contribution in [0.25, 0.3) is 0 Å². The second-order valence-corrected chi connectivity index (χ2v) is 8.78. The highest BCUT2D eigenvalue weighted by Gasteiger charge is 2.27. The molecule has 0 unspecified atom stereocenters. The molecule has 34 heavy (non-hydrogen) atoms. The zero-order chi connectivity index (χ0) is 23.9. The molecule has 0 saturated carbocycles. The predicted molar refractivity (Wildman–Crippen MR) is 129 cm³/mol. The maximum atomic E-state index is 12.7. The highest BCUT2D eigenvalue weighted by Crippen LogP contribution is 2.38. The summed E-state index contributed by atoms with van der Waals surface area (Å²) in [6.07, 6.45) is 3.69. The molecule has 1 aliphatic rings. The number of esters is 2. The van der Waals surface area contributed by atoms with Gasteiger partial charge in [0.25, 0.3) is 5.91 Å². The molecule has 7 nitrogen and oxygen atoms in total. The van der Waals surface area contributed by atoms with Gasteiger partial charge in [-0.15, -0.1) is 11.3 Å². The third-order valence-corrected chi connectivity index (χ3v) is 6.52. The lowest BCUT2D eigenvalue weighted by Gasteiger charge is -2.12. The van der Waals surface area contributed by atoms with E-state index in [0.29, 0.717) is 22.1 Å². The molecule has 1 amide bonds. The molecule has 0 radical (unpaired) electrons. The van der Waals surface area contributed by atoms with Gasteiger partial charge < -0.3 is 19.5 Å². The number of amides is 1. The summed E-state index contributed by atoms with van der Waals surface area (Å²) in [5.41, 5.74) is 1.58. The summed E-state index contributed by atoms with van der Waals surface area (Å²) in [5, 5.41) is 3.18. The standard InChI is InChI=1S/C26H25NO6S/c1-2-31-26(30)23-19-13-7-9-15-21(19)34-24(23)27-22(28)16-32-25(29)18-12-6-8-14-20(18)33-17-10-4-3-5-11-17/h3-6,8,10-12,14H,2,7,9,13,15-16H2,1H3,(H,27,28). The van der Waals surface area contributed by atoms with Gasteiger partial charge in [0.1, 0.15) is 22.1 Å². The first-order chi connectivity index (χ1) is 16.6. The summed E-state index contributed by atoms with van der Waals surface area (Å²) in [5.74, 6) is -0.749. The third-order valence-electron chi connectivity index (χ3n) is 5.32. The van der Waals surface area contributed by atoms with Crippen molar-refractivity contribution >= 4 is 34.2 Å². The Labute approximate surface area is 201 Å². The van der Waals surface area contributed by atoms with Crippen LogP contribution in [0.3, 0.4) is 0 Å². The number of rotatable bonds is 8. The van der Waals surface area contributed by atoms with E-state index in [0.717, 1.165) is 36.1 Å². The zero-order valence-corrected chi connectivity index (χ0v) is 19.6. The van der Waals surface area contributed by atoms with Gasteiger partial charge in [0.05, 0.1) is 12.2 Å². The van der Waals surface area contributed by atoms with Gasteiger partial charge in [0.15, 0.2) is 6.61 Å². The van der Waals surface area contributed by atoms with Crippen molar-refractivity contribution in [2.24, 2.45) is 0 Å². The smallest absolute Gasteiger partial charge is 0.342 e. The van der Waals surface area contributed by atoms with Crippen LogP contribution in [0, 0.1) is 0 Å². The van der Waals surface area contributed by atoms with Gasteiger partial charge in [-0.3, -0.25) is 4.79 Å². The highest BCUT2D eigenvalue weighted by molar-refractivity contribution is 7.17. The number of ether oxygens (including phenoxy) is 3. The lowest BCUT2D eigenvalue weighted by molar-refractivity contribution is -0.119. The number of anilines is 1. The fraction of sp³-hybridized carbons (Fsp3) is 0.269. The van der Waals surface area contributed by atoms with Crippen LogP contribution in [-0.2, 0) is 27.1 Å². The summed E-state index contributed by atoms with van der Waals surface area (Å²) in [4.78, 5) is 38.9. The van der Waals surface area contributed by atoms with E-state index >= 15 is 0 Å². The average molecular weight is 480 g/mol. The van der Waals surface area contributed by atoms with E-state index in [4.69, 9.17) is 14.2 Å². The number of nitrogens with one attached hydrogen (secondary N) is 1. The van der Waals surface area contributed by atoms with Crippen LogP contribution in [-0.4, -0.2) is 31.1 Å². The Hall–Kier alpha value is -3.65. The van der Waals surface area contributed by atoms with Crippen molar-refractivity contribution in [1.82, 2.24) is 0 Å². The van der Waals surface area contributed by atoms with Crippen molar-refractivity contribution in [3.05, 3.63) is 76.2 Å². The molecule has 176 valence electrons. The number of hydrogen-bond acceptors (Lipinski definition) is 7. The molecular weight excluding hydrogens is 454 g/mol. The van der Waals surface area contributed by atoms with Crippen molar-refractivity contribution in [1.29, 1.82) is 0 Å². The lowest BCUT2D eigenvalue weighted by Crippen LogP contribution is -2.22. The Morgan fingerprint density at radius 3 is 2.44 bits per heavy atom. The number of para-hydroxylation sites is 2. The van der Waals surface area contributed by atoms with Crippen molar-refractivity contribution < 1.29 is 28.6 Å². The second kappa shape index (κ2) is 11.0. The summed E-state index contributed by atoms with van der Waals surface area (Å²) in [6, 6.07) is 15.7. The molecule has 0 fully saturated rings. The van der Waals surface area contributed by atoms with Gasteiger partial charge in [-0.2, -0.15) is 0 Å². The number of hydrogen-bond donors (Lipinski definition) is 1. The summed E-state index contributed by atoms with van der Waals surface area (Å²) < 4.78 is 16.3. The number of thiophene rings is 1. The van der Waals surface area contributed by atoms with E-state index in [9.17, 15) is 14.4 Å². The number of fused-ring (bicyclic) bond motifs is 1. The molecule has 1 N–H and O–H groups in total. The molecule has 0 spiro atoms. The van der Waals surface area contributed by atoms with E-state index < -0.39 is 24.5 Å². The molecule has 4 rings (SSSR count). The van der Waals surface area contributed by atoms with Crippen LogP contribution in [0.15, 0.2) is 54.6 Å². The van der Waals surface area contributed by atoms with Crippen LogP contribution in [0.2, 0.25) is 0 Å². The Morgan fingerprint density at radius 2 is 1.65 bits per heavy atom. The van der Waals surface area contributed by atoms with Gasteiger partial charge in [-0.25, -0.2) is 9.59 Å². The number of aryl methyl sites for hydroxylation is 1. The van der Waals surface area contributed by atoms with Gasteiger partial charge in [-0.05, 0) is 62.4 Å². The molecule has 0 aliphatic heterocycles. The fourth-order valence-corrected chi connectivity index (χ4v) is 5.08. The Bertz CT molecular complexity index is 1190. The summed E-state index contributed by atoms with van der Waals surface area (Å²) >= 11 is 1.39. The summed E-state index contributed by atoms with van der Waals surface area (Å²) in [6.45, 7) is 1.50. The minimum absolute atomic E-state index is 0.206. The topological polar surface area (TPSA) is 90.9 Å². The molecule has 0 bridgehead atoms. The molecule has 1 heterocycles. The third kappa shape index (κ3) is 5.46. The maximum absolute atomic E-state index is 12.7. The fourth-order valence-electron chi connectivity index (χ4n) is 3.78. The zero-order valence-electron chi connectivity index (χ0n) is 18.8. The Balaban J connectivity index is 1.43. The maximum Gasteiger partial charge on any atom is 0.342 e. The van der Waals surface area contributed by atoms with E-state index in [1.54, 1.807) is 43.3 Å². The first-order valence-electron chi connectivity index (χ1n) is 11.2. The summed E-state index contributed by atoms with van der Waals surface area (Å²) in [7, 11) is 0. The highest BCUT2D eigenvalue weighted by atomic mass is 32.1. The van der Waals surface area contributed by atoms with Crippen LogP contribution in [0.4, 0.5) is 5.00 Å². The molecular formula is C26H25NO6S. The van der Waals surface area contributed by atoms with Crippen molar-refractivity contribution in [2.75, 3.05) is 18.5 Å². The Morgan fingerprint density at radius 1 is 0.912 bits per heavy atom. The van der Waals surface area contributed by atoms with E-state index in [2.05, 4.69) is 5.32 Å². The monoisotopic (exact) mass is 479 g/mol. The largest absolute Gasteiger partial charge is 0.462 e. The average Bonchev–Trinajstić information content (AvgIpc) is 3.21. The van der Waals surface area contributed by atoms with Gasteiger partial charge in [-0.1, -0.05) is 30.3 Å². The molecule has 2 aromatic carbocycles. The van der Waals surface area contributed by atoms with Crippen LogP contribution in [0.5, 0.6) is 11.5 Å². The molecule has 1 aliphatic carbocycles. The molecule has 0 saturated heterocycles. The van der Waals surface area contributed by atoms with E-state index in [1.807, 2.05) is 18.2 Å². The lowest BCUT2D eigenvalue weighted by atomic mass is 9.95. The first kappa shape index (κ1) is 23.5. The van der Waals surface area contributed by atoms with Crippen molar-refractivity contribution in [2.45, 2.75) is 32.6 Å². The minimum Gasteiger partial charge on any atom is -0.462 e. The van der Waals surface area contributed by atoms with Crippen LogP contribution in [0.1, 0.15) is 50.9 Å². The Kier molecular flexibility index (Phi) is 7.59. The van der Waals surface area contributed by atoms with Crippen LogP contribution >= 0.6 is 11.3 Å². The number of carbonyl (C=O) groups excluding carboxylic acids is 3. The molecule has 1 aromatic heterocycles. The van der Waals surface area contributed by atoms with Crippen molar-refractivity contribution in [3.63, 3.8) is 0 Å². The van der Waals surface area contributed by atoms with Gasteiger partial charge >= 0.3 is 11.9 Å². The van der Waals surface area contributed by atoms with E-state index in [1.165, 1.54) is 11.3 Å². The first-order valence-corrected chi connectivity index (χ1v) is 12.0. The van der Waals surface area contributed by atoms with Gasteiger partial charge in [0, 0.05) is 4.88 Å². The normalized spacial score (nSPS) is 12.4. The van der Waals surface area contributed by atoms with Crippen LogP contribution < -0.4 is 10.1 Å². The molecule has 3 aromatic rings. The minimum atomic E-state index is -0.683. The second-order valence-electron chi connectivity index (χ2n) is 7.67. The molecule has 0 atom stereocenters. The van der Waals surface area contributed by atoms with E-state index in [-0.39, 0.29) is 12.2 Å². The number of benzene rings is 2. The predicted octanol–water partition coefficient (Wildman–Crippen LogP) is 5.39. The quantitative estimate of drug-likeness (QED) is 0.436. The van der Waals surface area contributed by atoms with Gasteiger partial charge in [0.2, 0.25) is 0 Å². The van der Waals surface area contributed by atoms with Crippen molar-refractivity contribution in [3.8, 4) is 11.5 Å². The number of carbonyl (C=O) groups is 3.